The highest BCUT2D eigenvalue weighted by Crippen LogP contribution is 2.39. The van der Waals surface area contributed by atoms with E-state index in [-0.39, 0.29) is 6.04 Å². The Bertz CT molecular complexity index is 874. The van der Waals surface area contributed by atoms with Crippen molar-refractivity contribution in [3.05, 3.63) is 44.5 Å². The Balaban J connectivity index is 1.53. The lowest BCUT2D eigenvalue weighted by molar-refractivity contribution is 0.155. The predicted octanol–water partition coefficient (Wildman–Crippen LogP) is 5.11. The van der Waals surface area contributed by atoms with Gasteiger partial charge in [0.2, 0.25) is 5.95 Å². The third kappa shape index (κ3) is 3.90. The van der Waals surface area contributed by atoms with Crippen LogP contribution in [0.5, 0.6) is 0 Å². The van der Waals surface area contributed by atoms with Crippen molar-refractivity contribution in [2.45, 2.75) is 32.7 Å². The summed E-state index contributed by atoms with van der Waals surface area (Å²) in [7, 11) is 0. The molecule has 0 aliphatic carbocycles. The third-order valence-electron chi connectivity index (χ3n) is 5.68. The van der Waals surface area contributed by atoms with E-state index in [0.717, 1.165) is 43.4 Å². The molecule has 0 amide bonds. The van der Waals surface area contributed by atoms with Gasteiger partial charge < -0.3 is 15.5 Å². The van der Waals surface area contributed by atoms with Crippen molar-refractivity contribution in [1.82, 2.24) is 15.3 Å². The Kier molecular flexibility index (Phi) is 5.62. The van der Waals surface area contributed by atoms with Crippen LogP contribution in [0.1, 0.15) is 37.1 Å². The second-order valence-corrected chi connectivity index (χ2v) is 9.16. The summed E-state index contributed by atoms with van der Waals surface area (Å²) in [6.07, 6.45) is 2.50. The van der Waals surface area contributed by atoms with Crippen molar-refractivity contribution in [2.75, 3.05) is 36.4 Å². The summed E-state index contributed by atoms with van der Waals surface area (Å²) in [5, 5.41) is 8.67. The topological polar surface area (TPSA) is 53.1 Å². The van der Waals surface area contributed by atoms with Gasteiger partial charge in [-0.1, -0.05) is 40.9 Å². The molecule has 0 bridgehead atoms. The van der Waals surface area contributed by atoms with Crippen LogP contribution in [0.4, 0.5) is 11.8 Å². The molecule has 1 spiro atoms. The van der Waals surface area contributed by atoms with Gasteiger partial charge in [-0.3, -0.25) is 0 Å². The number of hydrogen-bond donors (Lipinski definition) is 2. The quantitative estimate of drug-likeness (QED) is 0.692. The molecule has 4 rings (SSSR count). The molecular formula is C20H24Cl3N5. The molecule has 2 saturated heterocycles. The maximum Gasteiger partial charge on any atom is 0.227 e. The van der Waals surface area contributed by atoms with Gasteiger partial charge in [0.05, 0.1) is 11.7 Å². The van der Waals surface area contributed by atoms with Crippen LogP contribution in [0.25, 0.3) is 0 Å². The van der Waals surface area contributed by atoms with Crippen molar-refractivity contribution in [1.29, 1.82) is 0 Å². The summed E-state index contributed by atoms with van der Waals surface area (Å²) in [6.45, 7) is 8.11. The number of nitrogens with zero attached hydrogens (tertiary/aromatic N) is 3. The van der Waals surface area contributed by atoms with Crippen LogP contribution in [0.15, 0.2) is 18.2 Å². The van der Waals surface area contributed by atoms with Gasteiger partial charge in [-0.15, -0.1) is 0 Å². The molecule has 2 aliphatic rings. The van der Waals surface area contributed by atoms with Crippen LogP contribution in [0.2, 0.25) is 15.1 Å². The lowest BCUT2D eigenvalue weighted by Crippen LogP contribution is -2.62. The molecule has 2 fully saturated rings. The molecule has 0 radical (unpaired) electrons. The molecular weight excluding hydrogens is 417 g/mol. The van der Waals surface area contributed by atoms with Crippen molar-refractivity contribution in [3.63, 3.8) is 0 Å². The monoisotopic (exact) mass is 439 g/mol. The summed E-state index contributed by atoms with van der Waals surface area (Å²) >= 11 is 18.9. The summed E-state index contributed by atoms with van der Waals surface area (Å²) < 4.78 is 0. The van der Waals surface area contributed by atoms with Gasteiger partial charge in [-0.05, 0) is 50.9 Å². The van der Waals surface area contributed by atoms with E-state index in [1.54, 1.807) is 6.07 Å². The van der Waals surface area contributed by atoms with E-state index in [1.165, 1.54) is 12.8 Å². The molecule has 1 atom stereocenters. The molecule has 8 heteroatoms. The average Bonchev–Trinajstić information content (AvgIpc) is 2.63. The lowest BCUT2D eigenvalue weighted by Gasteiger charge is -2.52. The molecule has 1 aromatic heterocycles. The van der Waals surface area contributed by atoms with Gasteiger partial charge in [0.1, 0.15) is 5.02 Å². The molecule has 28 heavy (non-hydrogen) atoms. The van der Waals surface area contributed by atoms with E-state index in [4.69, 9.17) is 39.8 Å². The highest BCUT2D eigenvalue weighted by atomic mass is 35.5. The van der Waals surface area contributed by atoms with Crippen LogP contribution in [-0.2, 0) is 0 Å². The van der Waals surface area contributed by atoms with Crippen molar-refractivity contribution >= 4 is 46.6 Å². The summed E-state index contributed by atoms with van der Waals surface area (Å²) in [5.74, 6) is 1.36. The van der Waals surface area contributed by atoms with Crippen LogP contribution in [-0.4, -0.2) is 36.1 Å². The highest BCUT2D eigenvalue weighted by Gasteiger charge is 2.44. The first-order valence-electron chi connectivity index (χ1n) is 9.58. The van der Waals surface area contributed by atoms with Crippen LogP contribution < -0.4 is 15.5 Å². The fourth-order valence-electron chi connectivity index (χ4n) is 4.12. The molecule has 0 unspecified atom stereocenters. The van der Waals surface area contributed by atoms with Gasteiger partial charge in [-0.2, -0.15) is 4.98 Å². The minimum absolute atomic E-state index is 0.0744. The van der Waals surface area contributed by atoms with E-state index in [2.05, 4.69) is 20.5 Å². The number of aromatic nitrogens is 2. The fraction of sp³-hybridized carbons (Fsp3) is 0.500. The minimum atomic E-state index is -0.0744. The number of anilines is 2. The molecule has 150 valence electrons. The van der Waals surface area contributed by atoms with Gasteiger partial charge >= 0.3 is 0 Å². The maximum atomic E-state index is 6.50. The number of hydrogen-bond acceptors (Lipinski definition) is 5. The molecule has 2 N–H and O–H groups in total. The zero-order valence-corrected chi connectivity index (χ0v) is 18.3. The molecule has 2 aromatic rings. The van der Waals surface area contributed by atoms with Crippen molar-refractivity contribution in [2.24, 2.45) is 5.41 Å². The van der Waals surface area contributed by atoms with Gasteiger partial charge in [-0.25, -0.2) is 4.98 Å². The number of halogens is 3. The molecule has 1 aromatic carbocycles. The second-order valence-electron chi connectivity index (χ2n) is 7.94. The number of benzene rings is 1. The standard InChI is InChI=1S/C20H24Cl3N5/c1-12(15-5-4-14(21)8-16(15)22)25-18-17(23)13(2)26-19(27-18)28-10-20(11-28)6-3-7-24-9-20/h4-5,8,12,24H,3,6-7,9-11H2,1-2H3,(H,25,26,27)/t12-/m1/s1. The summed E-state index contributed by atoms with van der Waals surface area (Å²) in [4.78, 5) is 11.6. The highest BCUT2D eigenvalue weighted by molar-refractivity contribution is 6.35. The maximum absolute atomic E-state index is 6.50. The van der Waals surface area contributed by atoms with Crippen LogP contribution >= 0.6 is 34.8 Å². The fourth-order valence-corrected chi connectivity index (χ4v) is 4.83. The van der Waals surface area contributed by atoms with Gasteiger partial charge in [0.15, 0.2) is 5.82 Å². The first kappa shape index (κ1) is 20.0. The molecule has 3 heterocycles. The van der Waals surface area contributed by atoms with Crippen LogP contribution in [0.3, 0.4) is 0 Å². The number of nitrogens with one attached hydrogen (secondary N) is 2. The Morgan fingerprint density at radius 3 is 2.68 bits per heavy atom. The van der Waals surface area contributed by atoms with Gasteiger partial charge in [0, 0.05) is 35.1 Å². The summed E-state index contributed by atoms with van der Waals surface area (Å²) in [6, 6.07) is 5.42. The van der Waals surface area contributed by atoms with Crippen molar-refractivity contribution in [3.8, 4) is 0 Å². The van der Waals surface area contributed by atoms with E-state index >= 15 is 0 Å². The molecule has 2 aliphatic heterocycles. The minimum Gasteiger partial charge on any atom is -0.362 e. The van der Waals surface area contributed by atoms with E-state index in [1.807, 2.05) is 26.0 Å². The Hall–Kier alpha value is -1.27. The smallest absolute Gasteiger partial charge is 0.227 e. The van der Waals surface area contributed by atoms with Crippen LogP contribution in [0, 0.1) is 12.3 Å². The van der Waals surface area contributed by atoms with E-state index in [0.29, 0.717) is 26.3 Å². The van der Waals surface area contributed by atoms with Crippen molar-refractivity contribution < 1.29 is 0 Å². The Labute approximate surface area is 180 Å². The third-order valence-corrected chi connectivity index (χ3v) is 6.70. The normalized spacial score (nSPS) is 19.4. The molecule has 0 saturated carbocycles. The Morgan fingerprint density at radius 2 is 2.00 bits per heavy atom. The number of piperidine rings is 1. The second kappa shape index (κ2) is 7.86. The largest absolute Gasteiger partial charge is 0.362 e. The Morgan fingerprint density at radius 1 is 1.21 bits per heavy atom. The molecule has 5 nitrogen and oxygen atoms in total. The van der Waals surface area contributed by atoms with E-state index < -0.39 is 0 Å². The first-order chi connectivity index (χ1) is 13.4. The van der Waals surface area contributed by atoms with E-state index in [9.17, 15) is 0 Å². The predicted molar refractivity (Wildman–Crippen MR) is 117 cm³/mol. The first-order valence-corrected chi connectivity index (χ1v) is 10.7. The lowest BCUT2D eigenvalue weighted by atomic mass is 9.74. The average molecular weight is 441 g/mol. The zero-order chi connectivity index (χ0) is 19.9. The van der Waals surface area contributed by atoms with Gasteiger partial charge in [0.25, 0.3) is 0 Å². The zero-order valence-electron chi connectivity index (χ0n) is 16.0. The number of rotatable bonds is 4. The number of aryl methyl sites for hydroxylation is 1. The summed E-state index contributed by atoms with van der Waals surface area (Å²) in [5.41, 5.74) is 2.08. The SMILES string of the molecule is Cc1nc(N2CC3(CCCNC3)C2)nc(N[C@H](C)c2ccc(Cl)cc2Cl)c1Cl.